The molecule has 38 heavy (non-hydrogen) atoms. The highest BCUT2D eigenvalue weighted by Crippen LogP contribution is 2.32. The number of benzene rings is 4. The van der Waals surface area contributed by atoms with Gasteiger partial charge >= 0.3 is 6.18 Å². The Hall–Kier alpha value is -4.92. The molecule has 0 atom stereocenters. The summed E-state index contributed by atoms with van der Waals surface area (Å²) >= 11 is 0. The number of nitrogens with one attached hydrogen (secondary N) is 3. The van der Waals surface area contributed by atoms with Gasteiger partial charge in [-0.2, -0.15) is 13.2 Å². The lowest BCUT2D eigenvalue weighted by Crippen LogP contribution is -2.23. The van der Waals surface area contributed by atoms with Crippen LogP contribution in [0.3, 0.4) is 0 Å². The van der Waals surface area contributed by atoms with E-state index in [0.29, 0.717) is 28.9 Å². The molecule has 4 aromatic carbocycles. The zero-order valence-corrected chi connectivity index (χ0v) is 19.8. The van der Waals surface area contributed by atoms with Crippen molar-refractivity contribution in [2.45, 2.75) is 12.7 Å². The van der Waals surface area contributed by atoms with Crippen molar-refractivity contribution in [1.82, 2.24) is 15.3 Å². The van der Waals surface area contributed by atoms with Gasteiger partial charge in [-0.3, -0.25) is 9.59 Å². The third-order valence-electron chi connectivity index (χ3n) is 6.02. The number of aromatic amines is 1. The molecule has 190 valence electrons. The second kappa shape index (κ2) is 10.2. The van der Waals surface area contributed by atoms with Crippen LogP contribution in [0.25, 0.3) is 22.2 Å². The molecule has 3 N–H and O–H groups in total. The van der Waals surface area contributed by atoms with Crippen LogP contribution in [0, 0.1) is 0 Å². The molecular weight excluding hydrogens is 493 g/mol. The van der Waals surface area contributed by atoms with Gasteiger partial charge in [0.25, 0.3) is 11.8 Å². The summed E-state index contributed by atoms with van der Waals surface area (Å²) in [5, 5.41) is 5.64. The standard InChI is InChI=1S/C29H21F3N4O2/c30-29(31,32)21-11-9-19(10-12-21)23-6-1-2-7-24(23)28(38)36-22-5-3-4-20(15-22)27(37)33-16-18-8-13-25-26(14-18)35-17-34-25/h1-15,17H,16H2,(H,33,37)(H,34,35)(H,36,38). The van der Waals surface area contributed by atoms with Gasteiger partial charge in [-0.25, -0.2) is 4.98 Å². The Morgan fingerprint density at radius 1 is 0.842 bits per heavy atom. The number of aromatic nitrogens is 2. The Balaban J connectivity index is 1.29. The van der Waals surface area contributed by atoms with Crippen molar-refractivity contribution in [3.63, 3.8) is 0 Å². The third-order valence-corrected chi connectivity index (χ3v) is 6.02. The van der Waals surface area contributed by atoms with Gasteiger partial charge in [-0.1, -0.05) is 42.5 Å². The average Bonchev–Trinajstić information content (AvgIpc) is 3.39. The number of amides is 2. The van der Waals surface area contributed by atoms with Crippen molar-refractivity contribution in [1.29, 1.82) is 0 Å². The SMILES string of the molecule is O=C(NCc1ccc2[nH]cnc2c1)c1cccc(NC(=O)c2ccccc2-c2ccc(C(F)(F)F)cc2)c1. The minimum Gasteiger partial charge on any atom is -0.348 e. The molecule has 0 aliphatic rings. The normalized spacial score (nSPS) is 11.3. The van der Waals surface area contributed by atoms with E-state index in [1.165, 1.54) is 12.1 Å². The molecule has 0 radical (unpaired) electrons. The molecule has 0 fully saturated rings. The van der Waals surface area contributed by atoms with Gasteiger partial charge in [0.2, 0.25) is 0 Å². The summed E-state index contributed by atoms with van der Waals surface area (Å²) in [5.41, 5.74) is 3.86. The Morgan fingerprint density at radius 2 is 1.63 bits per heavy atom. The number of hydrogen-bond acceptors (Lipinski definition) is 3. The predicted octanol–water partition coefficient (Wildman–Crippen LogP) is 6.43. The number of imidazole rings is 1. The monoisotopic (exact) mass is 514 g/mol. The second-order valence-electron chi connectivity index (χ2n) is 8.59. The van der Waals surface area contributed by atoms with Crippen LogP contribution in [0.2, 0.25) is 0 Å². The van der Waals surface area contributed by atoms with E-state index in [1.807, 2.05) is 18.2 Å². The minimum atomic E-state index is -4.44. The average molecular weight is 515 g/mol. The van der Waals surface area contributed by atoms with Crippen molar-refractivity contribution in [3.8, 4) is 11.1 Å². The van der Waals surface area contributed by atoms with Crippen LogP contribution in [0.5, 0.6) is 0 Å². The molecule has 2 amide bonds. The first-order chi connectivity index (χ1) is 18.3. The number of hydrogen-bond donors (Lipinski definition) is 3. The van der Waals surface area contributed by atoms with Gasteiger partial charge in [0.15, 0.2) is 0 Å². The van der Waals surface area contributed by atoms with Crippen molar-refractivity contribution in [3.05, 3.63) is 120 Å². The summed E-state index contributed by atoms with van der Waals surface area (Å²) in [5.74, 6) is -0.765. The summed E-state index contributed by atoms with van der Waals surface area (Å²) < 4.78 is 38.8. The Bertz CT molecular complexity index is 1630. The quantitative estimate of drug-likeness (QED) is 0.244. The van der Waals surface area contributed by atoms with E-state index in [0.717, 1.165) is 28.7 Å². The minimum absolute atomic E-state index is 0.288. The molecule has 0 bridgehead atoms. The molecule has 0 aliphatic carbocycles. The number of alkyl halides is 3. The smallest absolute Gasteiger partial charge is 0.348 e. The van der Waals surface area contributed by atoms with E-state index in [9.17, 15) is 22.8 Å². The summed E-state index contributed by atoms with van der Waals surface area (Å²) in [6.07, 6.45) is -2.84. The molecule has 6 nitrogen and oxygen atoms in total. The molecule has 0 saturated heterocycles. The van der Waals surface area contributed by atoms with Crippen LogP contribution < -0.4 is 10.6 Å². The third kappa shape index (κ3) is 5.41. The molecule has 1 aromatic heterocycles. The van der Waals surface area contributed by atoms with Crippen molar-refractivity contribution >= 4 is 28.5 Å². The maximum Gasteiger partial charge on any atom is 0.416 e. The lowest BCUT2D eigenvalue weighted by atomic mass is 9.98. The Labute approximate surface area is 215 Å². The second-order valence-corrected chi connectivity index (χ2v) is 8.59. The first kappa shape index (κ1) is 24.8. The summed E-state index contributed by atoms with van der Waals surface area (Å²) in [7, 11) is 0. The van der Waals surface area contributed by atoms with Gasteiger partial charge in [-0.05, 0) is 65.2 Å². The van der Waals surface area contributed by atoms with Gasteiger partial charge in [-0.15, -0.1) is 0 Å². The lowest BCUT2D eigenvalue weighted by Gasteiger charge is -2.13. The number of carbonyl (C=O) groups excluding carboxylic acids is 2. The van der Waals surface area contributed by atoms with Crippen LogP contribution in [0.4, 0.5) is 18.9 Å². The maximum absolute atomic E-state index is 13.1. The zero-order chi connectivity index (χ0) is 26.7. The van der Waals surface area contributed by atoms with Crippen LogP contribution in [0.15, 0.2) is 97.3 Å². The van der Waals surface area contributed by atoms with E-state index in [4.69, 9.17) is 0 Å². The Morgan fingerprint density at radius 3 is 2.42 bits per heavy atom. The Kier molecular flexibility index (Phi) is 6.66. The van der Waals surface area contributed by atoms with Crippen molar-refractivity contribution in [2.24, 2.45) is 0 Å². The fourth-order valence-electron chi connectivity index (χ4n) is 4.08. The van der Waals surface area contributed by atoms with Gasteiger partial charge < -0.3 is 15.6 Å². The largest absolute Gasteiger partial charge is 0.416 e. The summed E-state index contributed by atoms with van der Waals surface area (Å²) in [6.45, 7) is 0.304. The first-order valence-corrected chi connectivity index (χ1v) is 11.7. The molecule has 5 aromatic rings. The van der Waals surface area contributed by atoms with E-state index >= 15 is 0 Å². The molecular formula is C29H21F3N4O2. The molecule has 0 spiro atoms. The van der Waals surface area contributed by atoms with E-state index in [2.05, 4.69) is 20.6 Å². The molecule has 0 unspecified atom stereocenters. The number of anilines is 1. The van der Waals surface area contributed by atoms with Gasteiger partial charge in [0.1, 0.15) is 0 Å². The number of fused-ring (bicyclic) bond motifs is 1. The van der Waals surface area contributed by atoms with Gasteiger partial charge in [0, 0.05) is 23.4 Å². The molecule has 0 saturated carbocycles. The number of rotatable bonds is 6. The lowest BCUT2D eigenvalue weighted by molar-refractivity contribution is -0.137. The highest BCUT2D eigenvalue weighted by atomic mass is 19.4. The van der Waals surface area contributed by atoms with Crippen molar-refractivity contribution < 1.29 is 22.8 Å². The van der Waals surface area contributed by atoms with E-state index in [1.54, 1.807) is 54.9 Å². The maximum atomic E-state index is 13.1. The molecule has 0 aliphatic heterocycles. The predicted molar refractivity (Wildman–Crippen MR) is 139 cm³/mol. The van der Waals surface area contributed by atoms with Crippen LogP contribution in [0.1, 0.15) is 31.8 Å². The van der Waals surface area contributed by atoms with E-state index < -0.39 is 17.6 Å². The van der Waals surface area contributed by atoms with Crippen molar-refractivity contribution in [2.75, 3.05) is 5.32 Å². The van der Waals surface area contributed by atoms with Gasteiger partial charge in [0.05, 0.1) is 22.9 Å². The zero-order valence-electron chi connectivity index (χ0n) is 19.8. The fourth-order valence-corrected chi connectivity index (χ4v) is 4.08. The molecule has 5 rings (SSSR count). The molecule has 1 heterocycles. The number of H-pyrrole nitrogens is 1. The van der Waals surface area contributed by atoms with Crippen LogP contribution in [-0.2, 0) is 12.7 Å². The summed E-state index contributed by atoms with van der Waals surface area (Å²) in [4.78, 5) is 33.1. The topological polar surface area (TPSA) is 86.9 Å². The first-order valence-electron chi connectivity index (χ1n) is 11.7. The number of nitrogens with zero attached hydrogens (tertiary/aromatic N) is 1. The summed E-state index contributed by atoms with van der Waals surface area (Å²) in [6, 6.07) is 23.5. The highest BCUT2D eigenvalue weighted by molar-refractivity contribution is 6.09. The van der Waals surface area contributed by atoms with Crippen LogP contribution in [-0.4, -0.2) is 21.8 Å². The molecule has 9 heteroatoms. The van der Waals surface area contributed by atoms with Crippen LogP contribution >= 0.6 is 0 Å². The number of halogens is 3. The highest BCUT2D eigenvalue weighted by Gasteiger charge is 2.30. The van der Waals surface area contributed by atoms with E-state index in [-0.39, 0.29) is 11.5 Å². The fraction of sp³-hybridized carbons (Fsp3) is 0.0690. The number of carbonyl (C=O) groups is 2.